The number of nitrogens with zero attached hydrogens (tertiary/aromatic N) is 4. The van der Waals surface area contributed by atoms with Crippen molar-refractivity contribution in [2.75, 3.05) is 38.2 Å². The van der Waals surface area contributed by atoms with Crippen molar-refractivity contribution < 1.29 is 8.42 Å². The summed E-state index contributed by atoms with van der Waals surface area (Å²) < 4.78 is 25.2. The zero-order chi connectivity index (χ0) is 20.1. The molecule has 0 spiro atoms. The van der Waals surface area contributed by atoms with Gasteiger partial charge in [-0.1, -0.05) is 20.8 Å². The molecule has 1 aliphatic rings. The Kier molecular flexibility index (Phi) is 7.31. The Morgan fingerprint density at radius 1 is 1.41 bits per heavy atom. The highest BCUT2D eigenvalue weighted by molar-refractivity contribution is 7.90. The molecule has 1 fully saturated rings. The Morgan fingerprint density at radius 3 is 2.74 bits per heavy atom. The molecule has 0 aromatic carbocycles. The van der Waals surface area contributed by atoms with E-state index in [1.54, 1.807) is 0 Å². The van der Waals surface area contributed by atoms with Crippen LogP contribution in [-0.4, -0.2) is 67.0 Å². The van der Waals surface area contributed by atoms with E-state index < -0.39 is 9.84 Å². The van der Waals surface area contributed by atoms with Gasteiger partial charge in [0.25, 0.3) is 0 Å². The van der Waals surface area contributed by atoms with Gasteiger partial charge in [0.15, 0.2) is 5.96 Å². The molecule has 2 atom stereocenters. The van der Waals surface area contributed by atoms with Gasteiger partial charge < -0.3 is 14.8 Å². The largest absolute Gasteiger partial charge is 0.357 e. The Morgan fingerprint density at radius 2 is 2.15 bits per heavy atom. The lowest BCUT2D eigenvalue weighted by molar-refractivity contribution is 0.188. The molecular weight excluding hydrogens is 362 g/mol. The summed E-state index contributed by atoms with van der Waals surface area (Å²) in [4.78, 5) is 11.4. The van der Waals surface area contributed by atoms with Crippen LogP contribution in [0.15, 0.2) is 23.7 Å². The van der Waals surface area contributed by atoms with E-state index in [-0.39, 0.29) is 11.2 Å². The summed E-state index contributed by atoms with van der Waals surface area (Å²) in [6.45, 7) is 11.8. The molecule has 0 aliphatic carbocycles. The molecule has 2 unspecified atom stereocenters. The van der Waals surface area contributed by atoms with Crippen molar-refractivity contribution in [3.05, 3.63) is 18.7 Å². The van der Waals surface area contributed by atoms with Gasteiger partial charge in [0.05, 0.1) is 18.1 Å². The summed E-state index contributed by atoms with van der Waals surface area (Å²) in [5.74, 6) is 1.71. The molecule has 154 valence electrons. The normalized spacial score (nSPS) is 22.1. The van der Waals surface area contributed by atoms with Gasteiger partial charge in [0, 0.05) is 44.8 Å². The van der Waals surface area contributed by atoms with E-state index in [0.717, 1.165) is 32.0 Å². The van der Waals surface area contributed by atoms with Crippen LogP contribution >= 0.6 is 0 Å². The zero-order valence-corrected chi connectivity index (χ0v) is 18.2. The number of guanidine groups is 1. The highest BCUT2D eigenvalue weighted by Gasteiger charge is 2.29. The van der Waals surface area contributed by atoms with E-state index in [1.165, 1.54) is 6.26 Å². The number of likely N-dealkylation sites (tertiary alicyclic amines) is 1. The summed E-state index contributed by atoms with van der Waals surface area (Å²) in [7, 11) is -2.95. The number of aliphatic imine (C=N–C) groups is 1. The van der Waals surface area contributed by atoms with E-state index in [9.17, 15) is 8.42 Å². The standard InChI is InChI=1S/C19H35N5O2S/c1-6-21-18(22-14-19(3,4)8-12-27(5,25)26)23-10-7-16(2)17(13-23)24-11-9-20-15-24/h9,11,15-17H,6-8,10,12-14H2,1-5H3,(H,21,22). The van der Waals surface area contributed by atoms with E-state index in [1.807, 2.05) is 18.7 Å². The molecular formula is C19H35N5O2S. The van der Waals surface area contributed by atoms with Crippen molar-refractivity contribution in [1.82, 2.24) is 19.8 Å². The minimum Gasteiger partial charge on any atom is -0.357 e. The van der Waals surface area contributed by atoms with Gasteiger partial charge in [-0.15, -0.1) is 0 Å². The maximum atomic E-state index is 11.5. The molecule has 1 saturated heterocycles. The maximum absolute atomic E-state index is 11.5. The Balaban J connectivity index is 2.07. The first-order chi connectivity index (χ1) is 12.6. The Bertz CT molecular complexity index is 712. The number of rotatable bonds is 7. The van der Waals surface area contributed by atoms with Crippen molar-refractivity contribution >= 4 is 15.8 Å². The molecule has 7 nitrogen and oxygen atoms in total. The monoisotopic (exact) mass is 397 g/mol. The number of nitrogens with one attached hydrogen (secondary N) is 1. The van der Waals surface area contributed by atoms with Gasteiger partial charge in [-0.3, -0.25) is 4.99 Å². The zero-order valence-electron chi connectivity index (χ0n) is 17.4. The third kappa shape index (κ3) is 6.83. The first kappa shape index (κ1) is 21.7. The van der Waals surface area contributed by atoms with Crippen LogP contribution in [0.5, 0.6) is 0 Å². The van der Waals surface area contributed by atoms with Gasteiger partial charge in [0.1, 0.15) is 9.84 Å². The first-order valence-corrected chi connectivity index (χ1v) is 11.9. The van der Waals surface area contributed by atoms with Crippen molar-refractivity contribution in [2.45, 2.75) is 46.6 Å². The molecule has 0 radical (unpaired) electrons. The number of sulfone groups is 1. The number of piperidine rings is 1. The molecule has 8 heteroatoms. The molecule has 0 saturated carbocycles. The highest BCUT2D eigenvalue weighted by Crippen LogP contribution is 2.28. The minimum absolute atomic E-state index is 0.156. The summed E-state index contributed by atoms with van der Waals surface area (Å²) in [6, 6.07) is 0.378. The molecule has 0 amide bonds. The number of imidazole rings is 1. The molecule has 0 bridgehead atoms. The van der Waals surface area contributed by atoms with Crippen LogP contribution in [0, 0.1) is 11.3 Å². The summed E-state index contributed by atoms with van der Waals surface area (Å²) in [6.07, 6.45) is 8.76. The van der Waals surface area contributed by atoms with Gasteiger partial charge in [-0.05, 0) is 31.1 Å². The fraction of sp³-hybridized carbons (Fsp3) is 0.789. The topological polar surface area (TPSA) is 79.6 Å². The average Bonchev–Trinajstić information content (AvgIpc) is 3.11. The fourth-order valence-corrected chi connectivity index (χ4v) is 4.27. The van der Waals surface area contributed by atoms with Gasteiger partial charge in [0.2, 0.25) is 0 Å². The highest BCUT2D eigenvalue weighted by atomic mass is 32.2. The number of hydrogen-bond donors (Lipinski definition) is 1. The molecule has 2 rings (SSSR count). The van der Waals surface area contributed by atoms with Gasteiger partial charge >= 0.3 is 0 Å². The van der Waals surface area contributed by atoms with Crippen LogP contribution in [0.4, 0.5) is 0 Å². The molecule has 2 heterocycles. The third-order valence-corrected chi connectivity index (χ3v) is 6.21. The van der Waals surface area contributed by atoms with Gasteiger partial charge in [-0.2, -0.15) is 0 Å². The average molecular weight is 398 g/mol. The molecule has 27 heavy (non-hydrogen) atoms. The van der Waals surface area contributed by atoms with Crippen LogP contribution in [0.1, 0.15) is 46.6 Å². The van der Waals surface area contributed by atoms with Crippen molar-refractivity contribution in [3.63, 3.8) is 0 Å². The minimum atomic E-state index is -2.95. The number of hydrogen-bond acceptors (Lipinski definition) is 4. The fourth-order valence-electron chi connectivity index (χ4n) is 3.35. The van der Waals surface area contributed by atoms with Crippen LogP contribution in [0.2, 0.25) is 0 Å². The molecule has 1 aromatic rings. The van der Waals surface area contributed by atoms with Crippen molar-refractivity contribution in [2.24, 2.45) is 16.3 Å². The predicted molar refractivity (Wildman–Crippen MR) is 111 cm³/mol. The first-order valence-electron chi connectivity index (χ1n) is 9.80. The maximum Gasteiger partial charge on any atom is 0.194 e. The quantitative estimate of drug-likeness (QED) is 0.564. The van der Waals surface area contributed by atoms with E-state index in [4.69, 9.17) is 4.99 Å². The lowest BCUT2D eigenvalue weighted by atomic mass is 9.90. The van der Waals surface area contributed by atoms with E-state index in [2.05, 4.69) is 47.5 Å². The third-order valence-electron chi connectivity index (χ3n) is 5.27. The van der Waals surface area contributed by atoms with Crippen LogP contribution in [-0.2, 0) is 9.84 Å². The summed E-state index contributed by atoms with van der Waals surface area (Å²) in [5, 5.41) is 3.41. The second-order valence-corrected chi connectivity index (χ2v) is 10.8. The van der Waals surface area contributed by atoms with Crippen molar-refractivity contribution in [3.8, 4) is 0 Å². The van der Waals surface area contributed by atoms with Crippen LogP contribution in [0.3, 0.4) is 0 Å². The van der Waals surface area contributed by atoms with Crippen LogP contribution < -0.4 is 5.32 Å². The van der Waals surface area contributed by atoms with Crippen molar-refractivity contribution in [1.29, 1.82) is 0 Å². The molecule has 1 N–H and O–H groups in total. The van der Waals surface area contributed by atoms with Gasteiger partial charge in [-0.25, -0.2) is 13.4 Å². The Labute approximate surface area is 164 Å². The smallest absolute Gasteiger partial charge is 0.194 e. The van der Waals surface area contributed by atoms with Crippen LogP contribution in [0.25, 0.3) is 0 Å². The second-order valence-electron chi connectivity index (χ2n) is 8.50. The second kappa shape index (κ2) is 9.08. The van der Waals surface area contributed by atoms with E-state index in [0.29, 0.717) is 24.9 Å². The lowest BCUT2D eigenvalue weighted by Gasteiger charge is -2.39. The summed E-state index contributed by atoms with van der Waals surface area (Å²) >= 11 is 0. The predicted octanol–water partition coefficient (Wildman–Crippen LogP) is 2.19. The van der Waals surface area contributed by atoms with E-state index >= 15 is 0 Å². The summed E-state index contributed by atoms with van der Waals surface area (Å²) in [5.41, 5.74) is -0.156. The SMILES string of the molecule is CCNC(=NCC(C)(C)CCS(C)(=O)=O)N1CCC(C)C(n2ccnc2)C1. The Hall–Kier alpha value is -1.57. The number of aromatic nitrogens is 2. The lowest BCUT2D eigenvalue weighted by Crippen LogP contribution is -2.49. The molecule has 1 aromatic heterocycles. The molecule has 1 aliphatic heterocycles.